The molecule has 30 heavy (non-hydrogen) atoms. The lowest BCUT2D eigenvalue weighted by atomic mass is 9.87. The molecule has 1 aliphatic carbocycles. The maximum atomic E-state index is 9.47. The van der Waals surface area contributed by atoms with Gasteiger partial charge in [-0.1, -0.05) is 72.8 Å². The van der Waals surface area contributed by atoms with E-state index in [1.54, 1.807) is 0 Å². The van der Waals surface area contributed by atoms with Gasteiger partial charge in [0.15, 0.2) is 0 Å². The number of fused-ring (bicyclic) bond motifs is 3. The third kappa shape index (κ3) is 2.80. The van der Waals surface area contributed by atoms with Crippen LogP contribution in [0.3, 0.4) is 0 Å². The van der Waals surface area contributed by atoms with Crippen molar-refractivity contribution >= 4 is 11.1 Å². The minimum Gasteiger partial charge on any atom is -0.192 e. The van der Waals surface area contributed by atoms with Crippen LogP contribution < -0.4 is 0 Å². The Bertz CT molecular complexity index is 1300. The van der Waals surface area contributed by atoms with E-state index in [4.69, 9.17) is 0 Å². The number of rotatable bonds is 2. The Kier molecular flexibility index (Phi) is 4.25. The lowest BCUT2D eigenvalue weighted by Crippen LogP contribution is -1.96. The molecule has 2 nitrogen and oxygen atoms in total. The SMILES string of the molecule is N#Cc1cccc(C(=C2c3ccccc3-c3ccccc32)c2cccc(C#N)c2)c1. The lowest BCUT2D eigenvalue weighted by molar-refractivity contribution is 1.45. The number of hydrogen-bond acceptors (Lipinski definition) is 2. The molecule has 0 aromatic heterocycles. The van der Waals surface area contributed by atoms with Gasteiger partial charge in [-0.15, -0.1) is 0 Å². The smallest absolute Gasteiger partial charge is 0.0991 e. The number of benzene rings is 4. The van der Waals surface area contributed by atoms with Crippen LogP contribution in [0.4, 0.5) is 0 Å². The van der Waals surface area contributed by atoms with Crippen molar-refractivity contribution in [1.82, 2.24) is 0 Å². The lowest BCUT2D eigenvalue weighted by Gasteiger charge is -2.15. The van der Waals surface area contributed by atoms with Crippen LogP contribution in [0, 0.1) is 22.7 Å². The van der Waals surface area contributed by atoms with Crippen LogP contribution in [-0.4, -0.2) is 0 Å². The van der Waals surface area contributed by atoms with E-state index in [1.165, 1.54) is 22.3 Å². The predicted octanol–water partition coefficient (Wildman–Crippen LogP) is 6.42. The number of nitrogens with zero attached hydrogens (tertiary/aromatic N) is 2. The largest absolute Gasteiger partial charge is 0.192 e. The first-order valence-electron chi connectivity index (χ1n) is 9.74. The van der Waals surface area contributed by atoms with Crippen LogP contribution >= 0.6 is 0 Å². The Balaban J connectivity index is 1.93. The summed E-state index contributed by atoms with van der Waals surface area (Å²) in [6, 6.07) is 36.7. The summed E-state index contributed by atoms with van der Waals surface area (Å²) in [5.41, 5.74) is 10.0. The summed E-state index contributed by atoms with van der Waals surface area (Å²) in [6.07, 6.45) is 0. The minimum absolute atomic E-state index is 0.613. The molecule has 0 amide bonds. The molecule has 0 aliphatic heterocycles. The van der Waals surface area contributed by atoms with Gasteiger partial charge in [-0.05, 0) is 68.8 Å². The van der Waals surface area contributed by atoms with Crippen molar-refractivity contribution < 1.29 is 0 Å². The van der Waals surface area contributed by atoms with Crippen molar-refractivity contribution in [3.63, 3.8) is 0 Å². The first-order valence-corrected chi connectivity index (χ1v) is 9.74. The molecular weight excluding hydrogens is 364 g/mol. The summed E-state index contributed by atoms with van der Waals surface area (Å²) in [6.45, 7) is 0. The van der Waals surface area contributed by atoms with Crippen molar-refractivity contribution in [3.8, 4) is 23.3 Å². The van der Waals surface area contributed by atoms with Gasteiger partial charge in [0.05, 0.1) is 23.3 Å². The molecule has 4 aromatic rings. The summed E-state index contributed by atoms with van der Waals surface area (Å²) < 4.78 is 0. The second kappa shape index (κ2) is 7.21. The molecule has 2 heteroatoms. The Labute approximate surface area is 175 Å². The number of hydrogen-bond donors (Lipinski definition) is 0. The van der Waals surface area contributed by atoms with Gasteiger partial charge in [0.25, 0.3) is 0 Å². The van der Waals surface area contributed by atoms with Crippen molar-refractivity contribution in [2.24, 2.45) is 0 Å². The fourth-order valence-corrected chi connectivity index (χ4v) is 4.23. The van der Waals surface area contributed by atoms with Gasteiger partial charge < -0.3 is 0 Å². The molecule has 0 saturated heterocycles. The highest BCUT2D eigenvalue weighted by molar-refractivity contribution is 6.13. The summed E-state index contributed by atoms with van der Waals surface area (Å²) in [5, 5.41) is 18.9. The van der Waals surface area contributed by atoms with Gasteiger partial charge >= 0.3 is 0 Å². The molecular formula is C28H16N2. The molecule has 0 heterocycles. The minimum atomic E-state index is 0.613. The van der Waals surface area contributed by atoms with Gasteiger partial charge in [-0.3, -0.25) is 0 Å². The van der Waals surface area contributed by atoms with Gasteiger partial charge in [0.2, 0.25) is 0 Å². The summed E-state index contributed by atoms with van der Waals surface area (Å²) >= 11 is 0. The normalized spacial score (nSPS) is 11.2. The predicted molar refractivity (Wildman–Crippen MR) is 119 cm³/mol. The average molecular weight is 380 g/mol. The van der Waals surface area contributed by atoms with Crippen molar-refractivity contribution in [2.45, 2.75) is 0 Å². The first kappa shape index (κ1) is 17.7. The highest BCUT2D eigenvalue weighted by Crippen LogP contribution is 2.48. The maximum Gasteiger partial charge on any atom is 0.0991 e. The molecule has 5 rings (SSSR count). The van der Waals surface area contributed by atoms with E-state index in [0.29, 0.717) is 11.1 Å². The highest BCUT2D eigenvalue weighted by Gasteiger charge is 2.26. The summed E-state index contributed by atoms with van der Waals surface area (Å²) in [5.74, 6) is 0. The van der Waals surface area contributed by atoms with E-state index in [-0.39, 0.29) is 0 Å². The van der Waals surface area contributed by atoms with Crippen LogP contribution in [0.2, 0.25) is 0 Å². The summed E-state index contributed by atoms with van der Waals surface area (Å²) in [4.78, 5) is 0. The zero-order chi connectivity index (χ0) is 20.5. The topological polar surface area (TPSA) is 47.6 Å². The molecule has 0 saturated carbocycles. The molecule has 4 aromatic carbocycles. The fourth-order valence-electron chi connectivity index (χ4n) is 4.23. The third-order valence-electron chi connectivity index (χ3n) is 5.49. The Morgan fingerprint density at radius 2 is 0.933 bits per heavy atom. The van der Waals surface area contributed by atoms with Crippen molar-refractivity contribution in [3.05, 3.63) is 130 Å². The highest BCUT2D eigenvalue weighted by atomic mass is 14.3. The fraction of sp³-hybridized carbons (Fsp3) is 0. The zero-order valence-electron chi connectivity index (χ0n) is 16.1. The molecule has 0 atom stereocenters. The third-order valence-corrected chi connectivity index (χ3v) is 5.49. The molecule has 1 aliphatic rings. The van der Waals surface area contributed by atoms with Gasteiger partial charge in [0.1, 0.15) is 0 Å². The molecule has 138 valence electrons. The quantitative estimate of drug-likeness (QED) is 0.355. The Morgan fingerprint density at radius 1 is 0.500 bits per heavy atom. The van der Waals surface area contributed by atoms with Crippen LogP contribution in [0.5, 0.6) is 0 Å². The van der Waals surface area contributed by atoms with Crippen molar-refractivity contribution in [2.75, 3.05) is 0 Å². The van der Waals surface area contributed by atoms with Crippen LogP contribution in [0.25, 0.3) is 22.3 Å². The zero-order valence-corrected chi connectivity index (χ0v) is 16.1. The van der Waals surface area contributed by atoms with Gasteiger partial charge in [0, 0.05) is 0 Å². The van der Waals surface area contributed by atoms with E-state index in [2.05, 4.69) is 60.7 Å². The van der Waals surface area contributed by atoms with Crippen LogP contribution in [0.1, 0.15) is 33.4 Å². The van der Waals surface area contributed by atoms with E-state index in [0.717, 1.165) is 22.3 Å². The first-order chi connectivity index (χ1) is 14.8. The monoisotopic (exact) mass is 380 g/mol. The molecule has 0 unspecified atom stereocenters. The Hall–Kier alpha value is -4.40. The van der Waals surface area contributed by atoms with Crippen LogP contribution in [0.15, 0.2) is 97.1 Å². The van der Waals surface area contributed by atoms with Gasteiger partial charge in [-0.25, -0.2) is 0 Å². The average Bonchev–Trinajstić information content (AvgIpc) is 3.14. The van der Waals surface area contributed by atoms with E-state index in [9.17, 15) is 10.5 Å². The summed E-state index contributed by atoms with van der Waals surface area (Å²) in [7, 11) is 0. The van der Waals surface area contributed by atoms with E-state index >= 15 is 0 Å². The number of nitriles is 2. The van der Waals surface area contributed by atoms with Gasteiger partial charge in [-0.2, -0.15) is 10.5 Å². The van der Waals surface area contributed by atoms with E-state index in [1.807, 2.05) is 48.5 Å². The van der Waals surface area contributed by atoms with Crippen LogP contribution in [-0.2, 0) is 0 Å². The second-order valence-corrected chi connectivity index (χ2v) is 7.23. The molecule has 0 fully saturated rings. The molecule has 0 radical (unpaired) electrons. The standard InChI is InChI=1S/C28H16N2/c29-17-19-7-5-9-21(15-19)27(22-10-6-8-20(16-22)18-30)28-25-13-3-1-11-23(25)24-12-2-4-14-26(24)28/h1-16H. The second-order valence-electron chi connectivity index (χ2n) is 7.23. The molecule has 0 spiro atoms. The van der Waals surface area contributed by atoms with E-state index < -0.39 is 0 Å². The molecule has 0 N–H and O–H groups in total. The van der Waals surface area contributed by atoms with Crippen molar-refractivity contribution in [1.29, 1.82) is 10.5 Å². The maximum absolute atomic E-state index is 9.47. The molecule has 0 bridgehead atoms. The Morgan fingerprint density at radius 3 is 1.37 bits per heavy atom.